The molecule has 18 heavy (non-hydrogen) atoms. The molecule has 0 unspecified atom stereocenters. The summed E-state index contributed by atoms with van der Waals surface area (Å²) in [7, 11) is 0. The molecule has 0 fully saturated rings. The molecular weight excluding hydrogens is 243 g/mol. The first kappa shape index (κ1) is 12.0. The number of rotatable bonds is 1. The molecule has 6 heteroatoms. The van der Waals surface area contributed by atoms with Gasteiger partial charge < -0.3 is 0 Å². The molecule has 1 aromatic heterocycles. The van der Waals surface area contributed by atoms with Crippen LogP contribution >= 0.6 is 0 Å². The van der Waals surface area contributed by atoms with Crippen LogP contribution in [-0.2, 0) is 6.18 Å². The van der Waals surface area contributed by atoms with Crippen LogP contribution in [0.1, 0.15) is 11.1 Å². The van der Waals surface area contributed by atoms with Gasteiger partial charge in [0.05, 0.1) is 17.2 Å². The van der Waals surface area contributed by atoms with Crippen LogP contribution in [0.4, 0.5) is 13.2 Å². The standard InChI is InChI=1S/C12H6F3N3/c13-12(14,15)10-2-1-8(4-16)11(3-10)9-5-17-7-18-6-9/h1-3,5-7H. The predicted molar refractivity (Wildman–Crippen MR) is 57.2 cm³/mol. The molecule has 0 spiro atoms. The molecule has 0 aliphatic rings. The molecule has 0 amide bonds. The minimum atomic E-state index is -4.45. The Bertz CT molecular complexity index is 600. The number of nitriles is 1. The van der Waals surface area contributed by atoms with Crippen LogP contribution in [0.3, 0.4) is 0 Å². The van der Waals surface area contributed by atoms with Crippen molar-refractivity contribution < 1.29 is 13.2 Å². The van der Waals surface area contributed by atoms with Crippen LogP contribution in [0.25, 0.3) is 11.1 Å². The second-order valence-corrected chi connectivity index (χ2v) is 3.50. The first-order valence-corrected chi connectivity index (χ1v) is 4.89. The zero-order valence-electron chi connectivity index (χ0n) is 8.94. The van der Waals surface area contributed by atoms with Gasteiger partial charge in [-0.3, -0.25) is 0 Å². The van der Waals surface area contributed by atoms with Gasteiger partial charge in [-0.05, 0) is 18.2 Å². The second kappa shape index (κ2) is 4.45. The first-order chi connectivity index (χ1) is 8.52. The summed E-state index contributed by atoms with van der Waals surface area (Å²) in [6, 6.07) is 4.80. The molecule has 0 aliphatic heterocycles. The largest absolute Gasteiger partial charge is 0.416 e. The molecule has 0 saturated carbocycles. The summed E-state index contributed by atoms with van der Waals surface area (Å²) in [6.07, 6.45) is -0.450. The van der Waals surface area contributed by atoms with Gasteiger partial charge in [0.15, 0.2) is 0 Å². The summed E-state index contributed by atoms with van der Waals surface area (Å²) in [4.78, 5) is 7.45. The lowest BCUT2D eigenvalue weighted by molar-refractivity contribution is -0.137. The van der Waals surface area contributed by atoms with Gasteiger partial charge in [0.2, 0.25) is 0 Å². The van der Waals surface area contributed by atoms with Crippen molar-refractivity contribution in [1.29, 1.82) is 5.26 Å². The van der Waals surface area contributed by atoms with E-state index in [1.165, 1.54) is 18.7 Å². The van der Waals surface area contributed by atoms with E-state index < -0.39 is 11.7 Å². The van der Waals surface area contributed by atoms with Gasteiger partial charge in [-0.1, -0.05) is 0 Å². The van der Waals surface area contributed by atoms with E-state index in [1.54, 1.807) is 0 Å². The summed E-state index contributed by atoms with van der Waals surface area (Å²) in [5.74, 6) is 0. The van der Waals surface area contributed by atoms with Crippen LogP contribution in [0.15, 0.2) is 36.9 Å². The van der Waals surface area contributed by atoms with Crippen LogP contribution in [0, 0.1) is 11.3 Å². The summed E-state index contributed by atoms with van der Waals surface area (Å²) >= 11 is 0. The summed E-state index contributed by atoms with van der Waals surface area (Å²) in [5.41, 5.74) is -0.105. The van der Waals surface area contributed by atoms with Crippen molar-refractivity contribution in [2.75, 3.05) is 0 Å². The smallest absolute Gasteiger partial charge is 0.244 e. The lowest BCUT2D eigenvalue weighted by Crippen LogP contribution is -2.05. The Hall–Kier alpha value is -2.42. The van der Waals surface area contributed by atoms with Gasteiger partial charge in [-0.2, -0.15) is 18.4 Å². The second-order valence-electron chi connectivity index (χ2n) is 3.50. The van der Waals surface area contributed by atoms with Gasteiger partial charge in [0.1, 0.15) is 6.33 Å². The summed E-state index contributed by atoms with van der Waals surface area (Å²) in [6.45, 7) is 0. The number of nitrogens with zero attached hydrogens (tertiary/aromatic N) is 3. The molecule has 0 bridgehead atoms. The van der Waals surface area contributed by atoms with E-state index in [0.29, 0.717) is 5.56 Å². The monoisotopic (exact) mass is 249 g/mol. The molecule has 0 N–H and O–H groups in total. The Balaban J connectivity index is 2.62. The Morgan fingerprint density at radius 1 is 1.11 bits per heavy atom. The zero-order chi connectivity index (χ0) is 13.2. The average Bonchev–Trinajstić information content (AvgIpc) is 2.38. The van der Waals surface area contributed by atoms with E-state index in [9.17, 15) is 13.2 Å². The van der Waals surface area contributed by atoms with Gasteiger partial charge in [-0.25, -0.2) is 9.97 Å². The Morgan fingerprint density at radius 3 is 2.33 bits per heavy atom. The minimum absolute atomic E-state index is 0.151. The first-order valence-electron chi connectivity index (χ1n) is 4.89. The van der Waals surface area contributed by atoms with Crippen molar-refractivity contribution in [3.63, 3.8) is 0 Å². The molecule has 1 heterocycles. The topological polar surface area (TPSA) is 49.6 Å². The fourth-order valence-corrected chi connectivity index (χ4v) is 1.50. The fraction of sp³-hybridized carbons (Fsp3) is 0.0833. The third-order valence-corrected chi connectivity index (χ3v) is 2.34. The number of hydrogen-bond donors (Lipinski definition) is 0. The highest BCUT2D eigenvalue weighted by Crippen LogP contribution is 2.33. The van der Waals surface area contributed by atoms with Crippen LogP contribution in [-0.4, -0.2) is 9.97 Å². The maximum atomic E-state index is 12.6. The third-order valence-electron chi connectivity index (χ3n) is 2.34. The van der Waals surface area contributed by atoms with E-state index in [0.717, 1.165) is 18.2 Å². The molecule has 0 aliphatic carbocycles. The third kappa shape index (κ3) is 2.30. The normalized spacial score (nSPS) is 11.0. The lowest BCUT2D eigenvalue weighted by Gasteiger charge is -2.09. The molecule has 1 aromatic carbocycles. The summed E-state index contributed by atoms with van der Waals surface area (Å²) < 4.78 is 37.8. The molecular formula is C12H6F3N3. The average molecular weight is 249 g/mol. The molecule has 2 aromatic rings. The van der Waals surface area contributed by atoms with E-state index >= 15 is 0 Å². The maximum Gasteiger partial charge on any atom is 0.416 e. The van der Waals surface area contributed by atoms with Crippen molar-refractivity contribution in [3.8, 4) is 17.2 Å². The Kier molecular flexibility index (Phi) is 2.98. The SMILES string of the molecule is N#Cc1ccc(C(F)(F)F)cc1-c1cncnc1. The molecule has 90 valence electrons. The van der Waals surface area contributed by atoms with Crippen LogP contribution in [0.5, 0.6) is 0 Å². The molecule has 2 rings (SSSR count). The highest BCUT2D eigenvalue weighted by Gasteiger charge is 2.31. The van der Waals surface area contributed by atoms with Crippen molar-refractivity contribution in [2.24, 2.45) is 0 Å². The Morgan fingerprint density at radius 2 is 1.78 bits per heavy atom. The number of hydrogen-bond acceptors (Lipinski definition) is 3. The lowest BCUT2D eigenvalue weighted by atomic mass is 10.00. The number of benzene rings is 1. The number of halogens is 3. The van der Waals surface area contributed by atoms with Crippen molar-refractivity contribution >= 4 is 0 Å². The van der Waals surface area contributed by atoms with E-state index in [4.69, 9.17) is 5.26 Å². The van der Waals surface area contributed by atoms with Crippen LogP contribution in [0.2, 0.25) is 0 Å². The minimum Gasteiger partial charge on any atom is -0.244 e. The molecule has 3 nitrogen and oxygen atoms in total. The van der Waals surface area contributed by atoms with E-state index in [1.807, 2.05) is 6.07 Å². The fourth-order valence-electron chi connectivity index (χ4n) is 1.50. The van der Waals surface area contributed by atoms with Crippen molar-refractivity contribution in [1.82, 2.24) is 9.97 Å². The number of alkyl halides is 3. The maximum absolute atomic E-state index is 12.6. The molecule has 0 radical (unpaired) electrons. The number of aromatic nitrogens is 2. The predicted octanol–water partition coefficient (Wildman–Crippen LogP) is 3.03. The van der Waals surface area contributed by atoms with Gasteiger partial charge >= 0.3 is 6.18 Å². The van der Waals surface area contributed by atoms with Crippen molar-refractivity contribution in [2.45, 2.75) is 6.18 Å². The Labute approximate surface area is 101 Å². The van der Waals surface area contributed by atoms with E-state index in [-0.39, 0.29) is 11.1 Å². The van der Waals surface area contributed by atoms with Gasteiger partial charge in [0.25, 0.3) is 0 Å². The zero-order valence-corrected chi connectivity index (χ0v) is 8.94. The molecule has 0 saturated heterocycles. The summed E-state index contributed by atoms with van der Waals surface area (Å²) in [5, 5.41) is 8.90. The van der Waals surface area contributed by atoms with Gasteiger partial charge in [0, 0.05) is 23.5 Å². The molecule has 0 atom stereocenters. The highest BCUT2D eigenvalue weighted by molar-refractivity contribution is 5.70. The highest BCUT2D eigenvalue weighted by atomic mass is 19.4. The quantitative estimate of drug-likeness (QED) is 0.780. The van der Waals surface area contributed by atoms with Crippen molar-refractivity contribution in [3.05, 3.63) is 48.0 Å². The van der Waals surface area contributed by atoms with Gasteiger partial charge in [-0.15, -0.1) is 0 Å². The van der Waals surface area contributed by atoms with Crippen LogP contribution < -0.4 is 0 Å². The van der Waals surface area contributed by atoms with E-state index in [2.05, 4.69) is 9.97 Å².